The average Bonchev–Trinajstić information content (AvgIpc) is 2.20. The van der Waals surface area contributed by atoms with Crippen LogP contribution in [0.1, 0.15) is 12.6 Å². The first-order valence-corrected chi connectivity index (χ1v) is 4.62. The van der Waals surface area contributed by atoms with Gasteiger partial charge in [-0.15, -0.1) is 0 Å². The number of nitrogens with zero attached hydrogens (tertiary/aromatic N) is 2. The van der Waals surface area contributed by atoms with E-state index in [-0.39, 0.29) is 5.88 Å². The Labute approximate surface area is 90.9 Å². The zero-order valence-electron chi connectivity index (χ0n) is 8.88. The molecule has 0 aromatic carbocycles. The molecule has 1 unspecified atom stereocenters. The van der Waals surface area contributed by atoms with Crippen molar-refractivity contribution in [3.63, 3.8) is 0 Å². The van der Waals surface area contributed by atoms with Crippen LogP contribution in [-0.4, -0.2) is 29.3 Å². The van der Waals surface area contributed by atoms with E-state index in [0.29, 0.717) is 12.2 Å². The first-order chi connectivity index (χ1) is 7.43. The van der Waals surface area contributed by atoms with Crippen LogP contribution in [0.15, 0.2) is 12.4 Å². The number of nitrogens with one attached hydrogen (secondary N) is 1. The normalized spacial score (nSPS) is 13.6. The average molecular weight is 235 g/mol. The van der Waals surface area contributed by atoms with E-state index in [0.717, 1.165) is 6.92 Å². The summed E-state index contributed by atoms with van der Waals surface area (Å²) in [4.78, 5) is 7.61. The van der Waals surface area contributed by atoms with Gasteiger partial charge in [-0.1, -0.05) is 0 Å². The van der Waals surface area contributed by atoms with Crippen molar-refractivity contribution in [2.45, 2.75) is 25.7 Å². The largest absolute Gasteiger partial charge is 0.464 e. The van der Waals surface area contributed by atoms with E-state index < -0.39 is 12.3 Å². The van der Waals surface area contributed by atoms with Gasteiger partial charge in [0.25, 0.3) is 0 Å². The predicted molar refractivity (Wildman–Crippen MR) is 50.9 cm³/mol. The van der Waals surface area contributed by atoms with Crippen LogP contribution in [0, 0.1) is 0 Å². The number of aromatic nitrogens is 2. The summed E-state index contributed by atoms with van der Waals surface area (Å²) in [5, 5.41) is 2.85. The maximum atomic E-state index is 12.2. The molecule has 0 aliphatic rings. The minimum absolute atomic E-state index is 0.135. The highest BCUT2D eigenvalue weighted by molar-refractivity contribution is 5.07. The number of hydrogen-bond acceptors (Lipinski definition) is 4. The quantitative estimate of drug-likeness (QED) is 0.859. The van der Waals surface area contributed by atoms with Gasteiger partial charge < -0.3 is 10.1 Å². The molecular formula is C9H12F3N3O. The highest BCUT2D eigenvalue weighted by Crippen LogP contribution is 2.23. The second kappa shape index (κ2) is 5.11. The molecule has 90 valence electrons. The van der Waals surface area contributed by atoms with Crippen LogP contribution in [0.4, 0.5) is 13.2 Å². The van der Waals surface area contributed by atoms with Gasteiger partial charge in [0.2, 0.25) is 5.88 Å². The minimum Gasteiger partial charge on any atom is -0.464 e. The Morgan fingerprint density at radius 1 is 1.38 bits per heavy atom. The van der Waals surface area contributed by atoms with Crippen LogP contribution in [0.3, 0.4) is 0 Å². The third kappa shape index (κ3) is 3.65. The molecule has 1 rings (SSSR count). The molecule has 0 radical (unpaired) electrons. The lowest BCUT2D eigenvalue weighted by molar-refractivity contribution is -0.190. The summed E-state index contributed by atoms with van der Waals surface area (Å²) in [6, 6.07) is 0. The Kier molecular flexibility index (Phi) is 4.05. The molecule has 0 amide bonds. The van der Waals surface area contributed by atoms with E-state index >= 15 is 0 Å². The maximum Gasteiger partial charge on any atom is 0.425 e. The number of alkyl halides is 3. The summed E-state index contributed by atoms with van der Waals surface area (Å²) in [6.45, 7) is 1.42. The lowest BCUT2D eigenvalue weighted by atomic mass is 10.4. The molecular weight excluding hydrogens is 223 g/mol. The van der Waals surface area contributed by atoms with Gasteiger partial charge in [-0.3, -0.25) is 4.98 Å². The van der Waals surface area contributed by atoms with Gasteiger partial charge in [-0.05, 0) is 14.0 Å². The Morgan fingerprint density at radius 3 is 2.50 bits per heavy atom. The summed E-state index contributed by atoms with van der Waals surface area (Å²) < 4.78 is 41.0. The van der Waals surface area contributed by atoms with E-state index in [1.165, 1.54) is 12.4 Å². The fourth-order valence-electron chi connectivity index (χ4n) is 0.924. The molecule has 0 aliphatic carbocycles. The molecule has 16 heavy (non-hydrogen) atoms. The van der Waals surface area contributed by atoms with Crippen molar-refractivity contribution in [2.24, 2.45) is 0 Å². The highest BCUT2D eigenvalue weighted by Gasteiger charge is 2.38. The monoisotopic (exact) mass is 235 g/mol. The van der Waals surface area contributed by atoms with Gasteiger partial charge in [0, 0.05) is 6.54 Å². The molecule has 0 aliphatic heterocycles. The summed E-state index contributed by atoms with van der Waals surface area (Å²) in [7, 11) is 1.73. The highest BCUT2D eigenvalue weighted by atomic mass is 19.4. The van der Waals surface area contributed by atoms with Crippen LogP contribution in [-0.2, 0) is 6.54 Å². The zero-order chi connectivity index (χ0) is 12.2. The maximum absolute atomic E-state index is 12.2. The van der Waals surface area contributed by atoms with Crippen LogP contribution in [0.25, 0.3) is 0 Å². The van der Waals surface area contributed by atoms with Crippen molar-refractivity contribution in [3.8, 4) is 5.88 Å². The van der Waals surface area contributed by atoms with Gasteiger partial charge in [0.1, 0.15) is 0 Å². The Hall–Kier alpha value is -1.37. The summed E-state index contributed by atoms with van der Waals surface area (Å²) >= 11 is 0. The molecule has 1 heterocycles. The second-order valence-corrected chi connectivity index (χ2v) is 3.18. The van der Waals surface area contributed by atoms with Crippen LogP contribution < -0.4 is 10.1 Å². The van der Waals surface area contributed by atoms with Crippen LogP contribution >= 0.6 is 0 Å². The first-order valence-electron chi connectivity index (χ1n) is 4.62. The van der Waals surface area contributed by atoms with E-state index in [2.05, 4.69) is 20.0 Å². The smallest absolute Gasteiger partial charge is 0.425 e. The van der Waals surface area contributed by atoms with Crippen molar-refractivity contribution in [3.05, 3.63) is 18.1 Å². The molecule has 0 saturated heterocycles. The standard InChI is InChI=1S/C9H12F3N3O/c1-6(9(10,11)12)16-8-5-14-7(3-13-2)4-15-8/h4-6,13H,3H2,1-2H3. The number of ether oxygens (including phenoxy) is 1. The van der Waals surface area contributed by atoms with E-state index in [1.54, 1.807) is 7.05 Å². The van der Waals surface area contributed by atoms with Crippen molar-refractivity contribution in [1.82, 2.24) is 15.3 Å². The zero-order valence-corrected chi connectivity index (χ0v) is 8.88. The summed E-state index contributed by atoms with van der Waals surface area (Å²) in [5.41, 5.74) is 0.634. The topological polar surface area (TPSA) is 47.0 Å². The molecule has 1 atom stereocenters. The first kappa shape index (κ1) is 12.7. The fourth-order valence-corrected chi connectivity index (χ4v) is 0.924. The molecule has 1 aromatic heterocycles. The van der Waals surface area contributed by atoms with E-state index in [9.17, 15) is 13.2 Å². The predicted octanol–water partition coefficient (Wildman–Crippen LogP) is 1.53. The van der Waals surface area contributed by atoms with Crippen molar-refractivity contribution in [2.75, 3.05) is 7.05 Å². The summed E-state index contributed by atoms with van der Waals surface area (Å²) in [5.74, 6) is -0.135. The summed E-state index contributed by atoms with van der Waals surface area (Å²) in [6.07, 6.45) is -3.74. The third-order valence-corrected chi connectivity index (χ3v) is 1.80. The lowest BCUT2D eigenvalue weighted by Gasteiger charge is -2.16. The van der Waals surface area contributed by atoms with Crippen molar-refractivity contribution < 1.29 is 17.9 Å². The number of halogens is 3. The SMILES string of the molecule is CNCc1cnc(OC(C)C(F)(F)F)cn1. The second-order valence-electron chi connectivity index (χ2n) is 3.18. The molecule has 7 heteroatoms. The molecule has 1 aromatic rings. The van der Waals surface area contributed by atoms with E-state index in [1.807, 2.05) is 0 Å². The number of rotatable bonds is 4. The van der Waals surface area contributed by atoms with Gasteiger partial charge in [0.15, 0.2) is 6.10 Å². The molecule has 0 fully saturated rings. The molecule has 4 nitrogen and oxygen atoms in total. The van der Waals surface area contributed by atoms with Gasteiger partial charge in [0.05, 0.1) is 18.1 Å². The van der Waals surface area contributed by atoms with Gasteiger partial charge in [-0.25, -0.2) is 4.98 Å². The lowest BCUT2D eigenvalue weighted by Crippen LogP contribution is -2.31. The third-order valence-electron chi connectivity index (χ3n) is 1.80. The molecule has 0 saturated carbocycles. The van der Waals surface area contributed by atoms with Crippen LogP contribution in [0.2, 0.25) is 0 Å². The Balaban J connectivity index is 2.62. The Bertz CT molecular complexity index is 326. The molecule has 1 N–H and O–H groups in total. The number of hydrogen-bond donors (Lipinski definition) is 1. The van der Waals surface area contributed by atoms with Crippen molar-refractivity contribution in [1.29, 1.82) is 0 Å². The van der Waals surface area contributed by atoms with Crippen molar-refractivity contribution >= 4 is 0 Å². The van der Waals surface area contributed by atoms with Gasteiger partial charge >= 0.3 is 6.18 Å². The Morgan fingerprint density at radius 2 is 2.06 bits per heavy atom. The molecule has 0 bridgehead atoms. The van der Waals surface area contributed by atoms with E-state index in [4.69, 9.17) is 0 Å². The minimum atomic E-state index is -4.40. The molecule has 0 spiro atoms. The van der Waals surface area contributed by atoms with Gasteiger partial charge in [-0.2, -0.15) is 13.2 Å². The van der Waals surface area contributed by atoms with Crippen LogP contribution in [0.5, 0.6) is 5.88 Å². The fraction of sp³-hybridized carbons (Fsp3) is 0.556.